The average Bonchev–Trinajstić information content (AvgIpc) is 3.01. The van der Waals surface area contributed by atoms with Crippen LogP contribution in [0.1, 0.15) is 0 Å². The number of anilines is 3. The Labute approximate surface area is 133 Å². The van der Waals surface area contributed by atoms with Gasteiger partial charge in [-0.2, -0.15) is 24.7 Å². The van der Waals surface area contributed by atoms with E-state index in [-0.39, 0.29) is 5.95 Å². The summed E-state index contributed by atoms with van der Waals surface area (Å²) < 4.78 is 2.52. The molecule has 0 aliphatic heterocycles. The van der Waals surface area contributed by atoms with Gasteiger partial charge in [-0.1, -0.05) is 6.07 Å². The molecule has 0 amide bonds. The van der Waals surface area contributed by atoms with Crippen LogP contribution in [0, 0.1) is 3.57 Å². The topological polar surface area (TPSA) is 119 Å². The van der Waals surface area contributed by atoms with Gasteiger partial charge in [0.15, 0.2) is 0 Å². The van der Waals surface area contributed by atoms with Gasteiger partial charge in [0.25, 0.3) is 5.95 Å². The smallest absolute Gasteiger partial charge is 0.258 e. The van der Waals surface area contributed by atoms with Crippen LogP contribution in [0.4, 0.5) is 17.6 Å². The van der Waals surface area contributed by atoms with Crippen molar-refractivity contribution in [2.24, 2.45) is 5.84 Å². The second-order valence-corrected chi connectivity index (χ2v) is 5.15. The van der Waals surface area contributed by atoms with Gasteiger partial charge in [-0.25, -0.2) is 10.8 Å². The number of rotatable bonds is 4. The van der Waals surface area contributed by atoms with Gasteiger partial charge < -0.3 is 5.32 Å². The Hall–Kier alpha value is -2.34. The van der Waals surface area contributed by atoms with E-state index in [1.165, 1.54) is 17.3 Å². The lowest BCUT2D eigenvalue weighted by Crippen LogP contribution is -2.15. The number of hydrazine groups is 1. The first-order valence-corrected chi connectivity index (χ1v) is 6.93. The van der Waals surface area contributed by atoms with Gasteiger partial charge in [-0.3, -0.25) is 5.43 Å². The van der Waals surface area contributed by atoms with Crippen molar-refractivity contribution < 1.29 is 0 Å². The Morgan fingerprint density at radius 1 is 1.14 bits per heavy atom. The highest BCUT2D eigenvalue weighted by Crippen LogP contribution is 2.17. The van der Waals surface area contributed by atoms with E-state index < -0.39 is 0 Å². The second-order valence-electron chi connectivity index (χ2n) is 3.90. The maximum atomic E-state index is 5.38. The molecule has 10 heteroatoms. The van der Waals surface area contributed by atoms with E-state index in [4.69, 9.17) is 5.84 Å². The zero-order chi connectivity index (χ0) is 14.7. The molecular weight excluding hydrogens is 385 g/mol. The molecule has 0 bridgehead atoms. The SMILES string of the molecule is NNc1nc(Nc2cccc(I)c2)nc(-n2cncn2)n1. The molecule has 0 atom stereocenters. The maximum absolute atomic E-state index is 5.38. The molecule has 9 nitrogen and oxygen atoms in total. The summed E-state index contributed by atoms with van der Waals surface area (Å²) in [6.07, 6.45) is 2.89. The number of hydrogen-bond donors (Lipinski definition) is 3. The normalized spacial score (nSPS) is 10.4. The Balaban J connectivity index is 1.96. The summed E-state index contributed by atoms with van der Waals surface area (Å²) in [7, 11) is 0. The van der Waals surface area contributed by atoms with Gasteiger partial charge in [0.1, 0.15) is 12.7 Å². The summed E-state index contributed by atoms with van der Waals surface area (Å²) in [6.45, 7) is 0. The predicted molar refractivity (Wildman–Crippen MR) is 85.0 cm³/mol. The molecular formula is C11H10IN9. The van der Waals surface area contributed by atoms with Crippen molar-refractivity contribution >= 4 is 40.2 Å². The van der Waals surface area contributed by atoms with Gasteiger partial charge >= 0.3 is 0 Å². The Morgan fingerprint density at radius 3 is 2.71 bits per heavy atom. The first kappa shape index (κ1) is 13.6. The first-order chi connectivity index (χ1) is 10.2. The highest BCUT2D eigenvalue weighted by molar-refractivity contribution is 14.1. The monoisotopic (exact) mass is 395 g/mol. The molecule has 4 N–H and O–H groups in total. The number of nitrogens with two attached hydrogens (primary N) is 1. The molecule has 0 saturated carbocycles. The number of aromatic nitrogens is 6. The van der Waals surface area contributed by atoms with Gasteiger partial charge in [-0.15, -0.1) is 0 Å². The Kier molecular flexibility index (Phi) is 3.87. The Morgan fingerprint density at radius 2 is 2.00 bits per heavy atom. The minimum atomic E-state index is 0.226. The fourth-order valence-corrected chi connectivity index (χ4v) is 2.14. The summed E-state index contributed by atoms with van der Waals surface area (Å²) in [6, 6.07) is 7.81. The Bertz CT molecular complexity index is 743. The number of nitrogens with one attached hydrogen (secondary N) is 2. The molecule has 2 heterocycles. The number of benzene rings is 1. The molecule has 0 spiro atoms. The summed E-state index contributed by atoms with van der Waals surface area (Å²) in [5.41, 5.74) is 3.26. The third kappa shape index (κ3) is 3.22. The van der Waals surface area contributed by atoms with Crippen molar-refractivity contribution in [3.05, 3.63) is 40.5 Å². The highest BCUT2D eigenvalue weighted by Gasteiger charge is 2.08. The lowest BCUT2D eigenvalue weighted by Gasteiger charge is -2.08. The lowest BCUT2D eigenvalue weighted by atomic mass is 10.3. The van der Waals surface area contributed by atoms with E-state index >= 15 is 0 Å². The summed E-state index contributed by atoms with van der Waals surface area (Å²) >= 11 is 2.23. The van der Waals surface area contributed by atoms with Crippen molar-refractivity contribution in [3.8, 4) is 5.95 Å². The molecule has 3 aromatic rings. The van der Waals surface area contributed by atoms with Crippen LogP contribution in [-0.2, 0) is 0 Å². The minimum Gasteiger partial charge on any atom is -0.324 e. The molecule has 2 aromatic heterocycles. The van der Waals surface area contributed by atoms with Crippen LogP contribution in [0.2, 0.25) is 0 Å². The minimum absolute atomic E-state index is 0.226. The van der Waals surface area contributed by atoms with Crippen molar-refractivity contribution in [3.63, 3.8) is 0 Å². The second kappa shape index (κ2) is 5.97. The molecule has 106 valence electrons. The fourth-order valence-electron chi connectivity index (χ4n) is 1.59. The van der Waals surface area contributed by atoms with Gasteiger partial charge in [0, 0.05) is 9.26 Å². The average molecular weight is 395 g/mol. The highest BCUT2D eigenvalue weighted by atomic mass is 127. The number of nitrogens with zero attached hydrogens (tertiary/aromatic N) is 6. The van der Waals surface area contributed by atoms with E-state index in [0.29, 0.717) is 11.9 Å². The standard InChI is InChI=1S/C11H10IN9/c12-7-2-1-3-8(4-7)16-9-17-10(20-13)19-11(18-9)21-6-14-5-15-21/h1-6H,13H2,(H2,16,17,18,19,20). The maximum Gasteiger partial charge on any atom is 0.258 e. The third-order valence-corrected chi connectivity index (χ3v) is 3.13. The van der Waals surface area contributed by atoms with Crippen molar-refractivity contribution in [1.82, 2.24) is 29.7 Å². The third-order valence-electron chi connectivity index (χ3n) is 2.46. The van der Waals surface area contributed by atoms with E-state index in [9.17, 15) is 0 Å². The van der Waals surface area contributed by atoms with E-state index in [0.717, 1.165) is 9.26 Å². The number of halogens is 1. The largest absolute Gasteiger partial charge is 0.324 e. The first-order valence-electron chi connectivity index (χ1n) is 5.85. The molecule has 0 radical (unpaired) electrons. The van der Waals surface area contributed by atoms with Crippen LogP contribution in [0.3, 0.4) is 0 Å². The quantitative estimate of drug-likeness (QED) is 0.341. The zero-order valence-electron chi connectivity index (χ0n) is 10.6. The van der Waals surface area contributed by atoms with Gasteiger partial charge in [0.05, 0.1) is 0 Å². The van der Waals surface area contributed by atoms with Crippen molar-refractivity contribution in [2.75, 3.05) is 10.7 Å². The van der Waals surface area contributed by atoms with Gasteiger partial charge in [0.2, 0.25) is 11.9 Å². The van der Waals surface area contributed by atoms with E-state index in [2.05, 4.69) is 58.4 Å². The van der Waals surface area contributed by atoms with Crippen molar-refractivity contribution in [1.29, 1.82) is 0 Å². The van der Waals surface area contributed by atoms with Crippen LogP contribution in [0.5, 0.6) is 0 Å². The van der Waals surface area contributed by atoms with Crippen LogP contribution in [0.15, 0.2) is 36.9 Å². The summed E-state index contributed by atoms with van der Waals surface area (Å²) in [4.78, 5) is 16.4. The fraction of sp³-hybridized carbons (Fsp3) is 0. The molecule has 0 fully saturated rings. The van der Waals surface area contributed by atoms with E-state index in [1.807, 2.05) is 24.3 Å². The van der Waals surface area contributed by atoms with Crippen molar-refractivity contribution in [2.45, 2.75) is 0 Å². The number of nitrogen functional groups attached to an aromatic ring is 1. The molecule has 21 heavy (non-hydrogen) atoms. The van der Waals surface area contributed by atoms with Crippen LogP contribution in [0.25, 0.3) is 5.95 Å². The molecule has 0 saturated heterocycles. The molecule has 3 rings (SSSR count). The van der Waals surface area contributed by atoms with Gasteiger partial charge in [-0.05, 0) is 40.8 Å². The predicted octanol–water partition coefficient (Wildman–Crippen LogP) is 1.09. The van der Waals surface area contributed by atoms with Crippen LogP contribution < -0.4 is 16.6 Å². The molecule has 1 aromatic carbocycles. The van der Waals surface area contributed by atoms with E-state index in [1.54, 1.807) is 0 Å². The van der Waals surface area contributed by atoms with Crippen LogP contribution in [-0.4, -0.2) is 29.7 Å². The molecule has 0 aliphatic rings. The number of hydrogen-bond acceptors (Lipinski definition) is 8. The molecule has 0 unspecified atom stereocenters. The zero-order valence-corrected chi connectivity index (χ0v) is 12.8. The van der Waals surface area contributed by atoms with Crippen LogP contribution >= 0.6 is 22.6 Å². The summed E-state index contributed by atoms with van der Waals surface area (Å²) in [5, 5.41) is 7.08. The lowest BCUT2D eigenvalue weighted by molar-refractivity contribution is 0.797. The summed E-state index contributed by atoms with van der Waals surface area (Å²) in [5.74, 6) is 6.27. The molecule has 0 aliphatic carbocycles.